The Labute approximate surface area is 202 Å². The highest BCUT2D eigenvalue weighted by molar-refractivity contribution is 6.05. The van der Waals surface area contributed by atoms with Gasteiger partial charge in [0.15, 0.2) is 5.76 Å². The Bertz CT molecular complexity index is 1370. The second-order valence-corrected chi connectivity index (χ2v) is 8.48. The number of anilines is 1. The van der Waals surface area contributed by atoms with E-state index in [4.69, 9.17) is 4.42 Å². The zero-order valence-electron chi connectivity index (χ0n) is 19.2. The van der Waals surface area contributed by atoms with Crippen molar-refractivity contribution in [3.8, 4) is 17.1 Å². The Hall–Kier alpha value is -4.46. The zero-order valence-corrected chi connectivity index (χ0v) is 19.2. The minimum absolute atomic E-state index is 0.244. The molecule has 1 aliphatic heterocycles. The predicted molar refractivity (Wildman–Crippen MR) is 130 cm³/mol. The zero-order chi connectivity index (χ0) is 24.4. The van der Waals surface area contributed by atoms with E-state index in [1.54, 1.807) is 41.3 Å². The molecule has 0 bridgehead atoms. The van der Waals surface area contributed by atoms with Crippen molar-refractivity contribution in [1.82, 2.24) is 15.1 Å². The molecule has 5 rings (SSSR count). The van der Waals surface area contributed by atoms with Gasteiger partial charge in [-0.25, -0.2) is 4.68 Å². The van der Waals surface area contributed by atoms with Gasteiger partial charge in [-0.05, 0) is 54.8 Å². The summed E-state index contributed by atoms with van der Waals surface area (Å²) in [5, 5.41) is 9.97. The van der Waals surface area contributed by atoms with Crippen molar-refractivity contribution in [2.24, 2.45) is 0 Å². The predicted octanol–water partition coefficient (Wildman–Crippen LogP) is 4.47. The molecule has 1 unspecified atom stereocenters. The summed E-state index contributed by atoms with van der Waals surface area (Å²) in [6.07, 6.45) is 2.90. The molecule has 35 heavy (non-hydrogen) atoms. The number of nitrogens with one attached hydrogen (secondary N) is 2. The second-order valence-electron chi connectivity index (χ2n) is 8.48. The lowest BCUT2D eigenvalue weighted by Crippen LogP contribution is -2.51. The fourth-order valence-electron chi connectivity index (χ4n) is 4.49. The van der Waals surface area contributed by atoms with Crippen molar-refractivity contribution >= 4 is 23.4 Å². The molecule has 2 aromatic carbocycles. The summed E-state index contributed by atoms with van der Waals surface area (Å²) in [4.78, 5) is 37.6. The minimum Gasteiger partial charge on any atom is -0.463 e. The summed E-state index contributed by atoms with van der Waals surface area (Å²) >= 11 is 0. The number of amides is 3. The summed E-state index contributed by atoms with van der Waals surface area (Å²) in [7, 11) is 0. The second kappa shape index (κ2) is 9.06. The number of nitrogens with zero attached hydrogens (tertiary/aromatic N) is 2. The first-order valence-electron chi connectivity index (χ1n) is 11.5. The number of aromatic nitrogens is 2. The Morgan fingerprint density at radius 3 is 2.51 bits per heavy atom. The lowest BCUT2D eigenvalue weighted by molar-refractivity contribution is -0.138. The average molecular weight is 469 g/mol. The number of rotatable bonds is 6. The number of carbonyl (C=O) groups excluding carboxylic acids is 3. The van der Waals surface area contributed by atoms with Crippen LogP contribution < -0.4 is 10.6 Å². The highest BCUT2D eigenvalue weighted by Crippen LogP contribution is 2.36. The highest BCUT2D eigenvalue weighted by Gasteiger charge is 2.42. The molecule has 0 radical (unpaired) electrons. The van der Waals surface area contributed by atoms with Crippen LogP contribution in [0.15, 0.2) is 83.5 Å². The summed E-state index contributed by atoms with van der Waals surface area (Å²) in [6, 6.07) is 21.8. The highest BCUT2D eigenvalue weighted by atomic mass is 16.3. The number of benzene rings is 2. The van der Waals surface area contributed by atoms with Gasteiger partial charge in [0.2, 0.25) is 11.8 Å². The van der Waals surface area contributed by atoms with Gasteiger partial charge in [-0.15, -0.1) is 0 Å². The van der Waals surface area contributed by atoms with Crippen LogP contribution in [0, 0.1) is 0 Å². The minimum atomic E-state index is -0.750. The van der Waals surface area contributed by atoms with Gasteiger partial charge in [0.25, 0.3) is 5.91 Å². The molecule has 3 heterocycles. The summed E-state index contributed by atoms with van der Waals surface area (Å²) in [5.74, 6) is -0.289. The van der Waals surface area contributed by atoms with E-state index in [1.807, 2.05) is 49.4 Å². The number of para-hydroxylation sites is 1. The Morgan fingerprint density at radius 2 is 1.86 bits per heavy atom. The van der Waals surface area contributed by atoms with Crippen molar-refractivity contribution in [1.29, 1.82) is 0 Å². The Kier molecular flexibility index (Phi) is 5.78. The van der Waals surface area contributed by atoms with Crippen molar-refractivity contribution in [2.75, 3.05) is 5.32 Å². The largest absolute Gasteiger partial charge is 0.463 e. The van der Waals surface area contributed by atoms with Gasteiger partial charge in [0.05, 0.1) is 17.4 Å². The quantitative estimate of drug-likeness (QED) is 0.406. The number of furan rings is 1. The first kappa shape index (κ1) is 22.3. The van der Waals surface area contributed by atoms with Crippen LogP contribution in [0.1, 0.15) is 42.2 Å². The van der Waals surface area contributed by atoms with E-state index < -0.39 is 5.41 Å². The standard InChI is InChI=1S/C27H24N4O4/c1-2-27(15-14-24(32)29-26(27)34)18-10-12-19(13-11-18)28-25(33)22-17-21(23-9-6-16-35-23)30-31(22)20-7-4-3-5-8-20/h3-13,16-17H,2,14-15H2,1H3,(H,28,33)(H,29,32,34). The summed E-state index contributed by atoms with van der Waals surface area (Å²) < 4.78 is 7.05. The van der Waals surface area contributed by atoms with Crippen LogP contribution in [0.5, 0.6) is 0 Å². The van der Waals surface area contributed by atoms with Gasteiger partial charge < -0.3 is 9.73 Å². The van der Waals surface area contributed by atoms with Crippen LogP contribution in [0.3, 0.4) is 0 Å². The van der Waals surface area contributed by atoms with Crippen LogP contribution in [0.2, 0.25) is 0 Å². The Balaban J connectivity index is 1.42. The van der Waals surface area contributed by atoms with Crippen molar-refractivity contribution in [2.45, 2.75) is 31.6 Å². The number of imide groups is 1. The first-order chi connectivity index (χ1) is 17.0. The molecule has 0 saturated carbocycles. The van der Waals surface area contributed by atoms with Gasteiger partial charge in [-0.3, -0.25) is 19.7 Å². The van der Waals surface area contributed by atoms with E-state index >= 15 is 0 Å². The molecule has 8 nitrogen and oxygen atoms in total. The topological polar surface area (TPSA) is 106 Å². The Morgan fingerprint density at radius 1 is 1.09 bits per heavy atom. The van der Waals surface area contributed by atoms with E-state index in [0.29, 0.717) is 42.1 Å². The molecule has 2 N–H and O–H groups in total. The molecule has 4 aromatic rings. The van der Waals surface area contributed by atoms with Crippen LogP contribution in [0.4, 0.5) is 5.69 Å². The van der Waals surface area contributed by atoms with Gasteiger partial charge in [0.1, 0.15) is 11.4 Å². The maximum Gasteiger partial charge on any atom is 0.274 e. The monoisotopic (exact) mass is 468 g/mol. The number of carbonyl (C=O) groups is 3. The van der Waals surface area contributed by atoms with E-state index in [1.165, 1.54) is 0 Å². The molecule has 2 aromatic heterocycles. The van der Waals surface area contributed by atoms with Gasteiger partial charge in [-0.1, -0.05) is 37.3 Å². The lowest BCUT2D eigenvalue weighted by atomic mass is 9.72. The summed E-state index contributed by atoms with van der Waals surface area (Å²) in [5.41, 5.74) is 2.29. The van der Waals surface area contributed by atoms with Crippen molar-refractivity contribution in [3.63, 3.8) is 0 Å². The number of hydrogen-bond acceptors (Lipinski definition) is 5. The molecule has 1 fully saturated rings. The molecule has 0 aliphatic carbocycles. The number of hydrogen-bond donors (Lipinski definition) is 2. The smallest absolute Gasteiger partial charge is 0.274 e. The van der Waals surface area contributed by atoms with E-state index in [9.17, 15) is 14.4 Å². The van der Waals surface area contributed by atoms with Crippen LogP contribution in [-0.2, 0) is 15.0 Å². The van der Waals surface area contributed by atoms with Gasteiger partial charge >= 0.3 is 0 Å². The lowest BCUT2D eigenvalue weighted by Gasteiger charge is -2.35. The van der Waals surface area contributed by atoms with E-state index in [-0.39, 0.29) is 17.7 Å². The van der Waals surface area contributed by atoms with Gasteiger partial charge in [-0.2, -0.15) is 5.10 Å². The molecular weight excluding hydrogens is 444 g/mol. The van der Waals surface area contributed by atoms with Crippen LogP contribution >= 0.6 is 0 Å². The van der Waals surface area contributed by atoms with E-state index in [0.717, 1.165) is 11.3 Å². The third-order valence-electron chi connectivity index (χ3n) is 6.48. The molecular formula is C27H24N4O4. The SMILES string of the molecule is CCC1(c2ccc(NC(=O)c3cc(-c4ccco4)nn3-c3ccccc3)cc2)CCC(=O)NC1=O. The molecule has 1 aliphatic rings. The molecule has 3 amide bonds. The van der Waals surface area contributed by atoms with Crippen LogP contribution in [-0.4, -0.2) is 27.5 Å². The molecule has 176 valence electrons. The fourth-order valence-corrected chi connectivity index (χ4v) is 4.49. The third kappa shape index (κ3) is 4.14. The van der Waals surface area contributed by atoms with Crippen molar-refractivity contribution < 1.29 is 18.8 Å². The molecule has 0 spiro atoms. The number of piperidine rings is 1. The maximum absolute atomic E-state index is 13.3. The molecule has 1 atom stereocenters. The average Bonchev–Trinajstić information content (AvgIpc) is 3.56. The molecule has 8 heteroatoms. The van der Waals surface area contributed by atoms with Gasteiger partial charge in [0, 0.05) is 18.2 Å². The maximum atomic E-state index is 13.3. The van der Waals surface area contributed by atoms with Crippen LogP contribution in [0.25, 0.3) is 17.1 Å². The summed E-state index contributed by atoms with van der Waals surface area (Å²) in [6.45, 7) is 1.94. The normalized spacial score (nSPS) is 17.7. The third-order valence-corrected chi connectivity index (χ3v) is 6.48. The first-order valence-corrected chi connectivity index (χ1v) is 11.5. The van der Waals surface area contributed by atoms with E-state index in [2.05, 4.69) is 15.7 Å². The molecule has 1 saturated heterocycles. The van der Waals surface area contributed by atoms with Crippen molar-refractivity contribution in [3.05, 3.63) is 90.3 Å². The fraction of sp³-hybridized carbons (Fsp3) is 0.185.